The molecule has 1 aromatic carbocycles. The molecule has 84 valence electrons. The molecular weight excluding hydrogens is 236 g/mol. The number of hydrogen-bond donors (Lipinski definition) is 1. The molecule has 0 radical (unpaired) electrons. The molecular formula is C11H14Cl2FN. The molecule has 0 aromatic heterocycles. The van der Waals surface area contributed by atoms with E-state index in [1.54, 1.807) is 18.2 Å². The van der Waals surface area contributed by atoms with Gasteiger partial charge in [0.2, 0.25) is 0 Å². The number of rotatable bonds is 6. The van der Waals surface area contributed by atoms with Crippen molar-refractivity contribution in [1.29, 1.82) is 0 Å². The van der Waals surface area contributed by atoms with E-state index in [0.717, 1.165) is 19.4 Å². The van der Waals surface area contributed by atoms with Crippen LogP contribution in [0.2, 0.25) is 5.02 Å². The highest BCUT2D eigenvalue weighted by Gasteiger charge is 2.04. The number of halogens is 3. The van der Waals surface area contributed by atoms with E-state index in [-0.39, 0.29) is 10.8 Å². The molecule has 0 bridgehead atoms. The lowest BCUT2D eigenvalue weighted by Gasteiger charge is -2.06. The van der Waals surface area contributed by atoms with Crippen LogP contribution in [-0.4, -0.2) is 12.4 Å². The minimum absolute atomic E-state index is 0.176. The second-order valence-corrected chi connectivity index (χ2v) is 4.07. The molecule has 0 saturated heterocycles. The van der Waals surface area contributed by atoms with Crippen molar-refractivity contribution in [1.82, 2.24) is 5.32 Å². The zero-order valence-electron chi connectivity index (χ0n) is 8.40. The Kier molecular flexibility index (Phi) is 5.99. The van der Waals surface area contributed by atoms with Crippen molar-refractivity contribution >= 4 is 23.2 Å². The van der Waals surface area contributed by atoms with Crippen LogP contribution in [0.1, 0.15) is 18.4 Å². The van der Waals surface area contributed by atoms with Gasteiger partial charge in [0.15, 0.2) is 0 Å². The molecule has 1 N–H and O–H groups in total. The average Bonchev–Trinajstić information content (AvgIpc) is 2.24. The summed E-state index contributed by atoms with van der Waals surface area (Å²) in [5.74, 6) is 0.344. The highest BCUT2D eigenvalue weighted by molar-refractivity contribution is 6.30. The summed E-state index contributed by atoms with van der Waals surface area (Å²) in [6.07, 6.45) is 1.98. The zero-order chi connectivity index (χ0) is 11.1. The van der Waals surface area contributed by atoms with E-state index >= 15 is 0 Å². The Morgan fingerprint density at radius 1 is 1.27 bits per heavy atom. The third-order valence-electron chi connectivity index (χ3n) is 2.08. The van der Waals surface area contributed by atoms with E-state index in [1.807, 2.05) is 0 Å². The minimum atomic E-state index is -0.330. The van der Waals surface area contributed by atoms with Crippen LogP contribution in [0.15, 0.2) is 18.2 Å². The Labute approximate surface area is 99.6 Å². The molecule has 0 aliphatic carbocycles. The molecule has 0 heterocycles. The first-order valence-electron chi connectivity index (χ1n) is 4.95. The van der Waals surface area contributed by atoms with E-state index in [4.69, 9.17) is 23.2 Å². The van der Waals surface area contributed by atoms with E-state index in [0.29, 0.717) is 18.0 Å². The Hall–Kier alpha value is -0.310. The maximum atomic E-state index is 13.4. The predicted molar refractivity (Wildman–Crippen MR) is 63.1 cm³/mol. The van der Waals surface area contributed by atoms with Gasteiger partial charge in [-0.1, -0.05) is 23.7 Å². The van der Waals surface area contributed by atoms with E-state index in [1.165, 1.54) is 0 Å². The molecule has 1 nitrogen and oxygen atoms in total. The van der Waals surface area contributed by atoms with Crippen molar-refractivity contribution in [2.45, 2.75) is 19.4 Å². The van der Waals surface area contributed by atoms with Crippen molar-refractivity contribution in [2.24, 2.45) is 0 Å². The largest absolute Gasteiger partial charge is 0.313 e. The van der Waals surface area contributed by atoms with Crippen molar-refractivity contribution in [2.75, 3.05) is 12.4 Å². The van der Waals surface area contributed by atoms with E-state index in [2.05, 4.69) is 5.32 Å². The summed E-state index contributed by atoms with van der Waals surface area (Å²) in [4.78, 5) is 0. The van der Waals surface area contributed by atoms with E-state index < -0.39 is 0 Å². The van der Waals surface area contributed by atoms with Crippen LogP contribution in [-0.2, 0) is 6.54 Å². The van der Waals surface area contributed by atoms with Crippen LogP contribution in [0.4, 0.5) is 4.39 Å². The number of nitrogens with one attached hydrogen (secondary N) is 1. The van der Waals surface area contributed by atoms with Crippen LogP contribution in [0.3, 0.4) is 0 Å². The molecule has 0 unspecified atom stereocenters. The summed E-state index contributed by atoms with van der Waals surface area (Å²) >= 11 is 11.2. The van der Waals surface area contributed by atoms with Crippen molar-refractivity contribution in [3.63, 3.8) is 0 Å². The smallest absolute Gasteiger partial charge is 0.146 e. The van der Waals surface area contributed by atoms with Gasteiger partial charge in [-0.05, 0) is 25.5 Å². The van der Waals surface area contributed by atoms with Gasteiger partial charge < -0.3 is 5.32 Å². The Bertz CT molecular complexity index is 305. The molecule has 0 saturated carbocycles. The topological polar surface area (TPSA) is 12.0 Å². The second kappa shape index (κ2) is 7.04. The van der Waals surface area contributed by atoms with Crippen LogP contribution >= 0.6 is 23.2 Å². The van der Waals surface area contributed by atoms with Crippen LogP contribution in [0.5, 0.6) is 0 Å². The Balaban J connectivity index is 2.34. The van der Waals surface area contributed by atoms with Crippen LogP contribution in [0, 0.1) is 5.82 Å². The van der Waals surface area contributed by atoms with Gasteiger partial charge in [-0.2, -0.15) is 0 Å². The first-order chi connectivity index (χ1) is 7.25. The number of hydrogen-bond acceptors (Lipinski definition) is 1. The van der Waals surface area contributed by atoms with Gasteiger partial charge in [0.25, 0.3) is 0 Å². The number of unbranched alkanes of at least 4 members (excludes halogenated alkanes) is 1. The summed E-state index contributed by atoms with van der Waals surface area (Å²) in [7, 11) is 0. The molecule has 0 aliphatic rings. The standard InChI is InChI=1S/C11H14Cl2FN/c12-6-1-2-7-15-8-9-4-3-5-10(13)11(9)14/h3-5,15H,1-2,6-8H2. The lowest BCUT2D eigenvalue weighted by molar-refractivity contribution is 0.580. The predicted octanol–water partition coefficient (Wildman–Crippen LogP) is 3.59. The van der Waals surface area contributed by atoms with Gasteiger partial charge in [-0.3, -0.25) is 0 Å². The number of alkyl halides is 1. The maximum Gasteiger partial charge on any atom is 0.146 e. The fraction of sp³-hybridized carbons (Fsp3) is 0.455. The SMILES string of the molecule is Fc1c(Cl)cccc1CNCCCCCl. The fourth-order valence-corrected chi connectivity index (χ4v) is 1.64. The zero-order valence-corrected chi connectivity index (χ0v) is 9.91. The van der Waals surface area contributed by atoms with Crippen molar-refractivity contribution < 1.29 is 4.39 Å². The fourth-order valence-electron chi connectivity index (χ4n) is 1.25. The molecule has 0 amide bonds. The molecule has 4 heteroatoms. The summed E-state index contributed by atoms with van der Waals surface area (Å²) in [6.45, 7) is 1.35. The van der Waals surface area contributed by atoms with Crippen LogP contribution in [0.25, 0.3) is 0 Å². The summed E-state index contributed by atoms with van der Waals surface area (Å²) in [5, 5.41) is 3.32. The first kappa shape index (κ1) is 12.8. The highest BCUT2D eigenvalue weighted by atomic mass is 35.5. The van der Waals surface area contributed by atoms with Gasteiger partial charge in [-0.25, -0.2) is 4.39 Å². The normalized spacial score (nSPS) is 10.6. The molecule has 0 fully saturated rings. The van der Waals surface area contributed by atoms with Gasteiger partial charge >= 0.3 is 0 Å². The summed E-state index contributed by atoms with van der Waals surface area (Å²) in [6, 6.07) is 5.03. The Morgan fingerprint density at radius 3 is 2.80 bits per heavy atom. The molecule has 0 aliphatic heterocycles. The maximum absolute atomic E-state index is 13.4. The van der Waals surface area contributed by atoms with Crippen molar-refractivity contribution in [3.8, 4) is 0 Å². The lowest BCUT2D eigenvalue weighted by atomic mass is 10.2. The second-order valence-electron chi connectivity index (χ2n) is 3.29. The van der Waals surface area contributed by atoms with Gasteiger partial charge in [0.05, 0.1) is 5.02 Å². The average molecular weight is 250 g/mol. The van der Waals surface area contributed by atoms with E-state index in [9.17, 15) is 4.39 Å². The minimum Gasteiger partial charge on any atom is -0.313 e. The van der Waals surface area contributed by atoms with Gasteiger partial charge in [0, 0.05) is 18.0 Å². The molecule has 1 rings (SSSR count). The highest BCUT2D eigenvalue weighted by Crippen LogP contribution is 2.17. The third-order valence-corrected chi connectivity index (χ3v) is 2.64. The quantitative estimate of drug-likeness (QED) is 0.601. The lowest BCUT2D eigenvalue weighted by Crippen LogP contribution is -2.15. The monoisotopic (exact) mass is 249 g/mol. The molecule has 1 aromatic rings. The molecule has 0 atom stereocenters. The third kappa shape index (κ3) is 4.37. The first-order valence-corrected chi connectivity index (χ1v) is 5.86. The molecule has 0 spiro atoms. The number of benzene rings is 1. The van der Waals surface area contributed by atoms with Gasteiger partial charge in [0.1, 0.15) is 5.82 Å². The summed E-state index contributed by atoms with van der Waals surface area (Å²) < 4.78 is 13.4. The Morgan fingerprint density at radius 2 is 2.07 bits per heavy atom. The van der Waals surface area contributed by atoms with Crippen molar-refractivity contribution in [3.05, 3.63) is 34.6 Å². The van der Waals surface area contributed by atoms with Crippen LogP contribution < -0.4 is 5.32 Å². The van der Waals surface area contributed by atoms with Gasteiger partial charge in [-0.15, -0.1) is 11.6 Å². The summed E-state index contributed by atoms with van der Waals surface area (Å²) in [5.41, 5.74) is 0.605. The molecule has 15 heavy (non-hydrogen) atoms.